The normalized spacial score (nSPS) is 9.86. The molecule has 1 aromatic carbocycles. The molecule has 0 atom stereocenters. The lowest BCUT2D eigenvalue weighted by molar-refractivity contribution is -0.134. The van der Waals surface area contributed by atoms with Crippen molar-refractivity contribution in [3.05, 3.63) is 29.8 Å². The van der Waals surface area contributed by atoms with Crippen molar-refractivity contribution in [2.75, 3.05) is 0 Å². The monoisotopic (exact) mass is 210 g/mol. The van der Waals surface area contributed by atoms with E-state index < -0.39 is 0 Å². The van der Waals surface area contributed by atoms with Crippen LogP contribution in [0.3, 0.4) is 0 Å². The number of hydrogen-bond donors (Lipinski definition) is 1. The summed E-state index contributed by atoms with van der Waals surface area (Å²) in [5, 5.41) is 0. The van der Waals surface area contributed by atoms with Gasteiger partial charge in [0.05, 0.1) is 0 Å². The molecule has 0 amide bonds. The topological polar surface area (TPSA) is 26.3 Å². The van der Waals surface area contributed by atoms with Gasteiger partial charge in [-0.15, -0.1) is 0 Å². The minimum Gasteiger partial charge on any atom is -0.427 e. The second-order valence-electron chi connectivity index (χ2n) is 3.03. The summed E-state index contributed by atoms with van der Waals surface area (Å²) >= 11 is 4.14. The molecule has 0 aliphatic rings. The third-order valence-corrected chi connectivity index (χ3v) is 2.16. The number of carbonyl (C=O) groups excluding carboxylic acids is 1. The van der Waals surface area contributed by atoms with Crippen molar-refractivity contribution >= 4 is 18.6 Å². The average molecular weight is 210 g/mol. The molecule has 0 fully saturated rings. The molecule has 76 valence electrons. The Morgan fingerprint density at radius 2 is 2.00 bits per heavy atom. The molecule has 0 spiro atoms. The summed E-state index contributed by atoms with van der Waals surface area (Å²) in [7, 11) is 0. The first-order valence-electron chi connectivity index (χ1n) is 4.66. The van der Waals surface area contributed by atoms with Gasteiger partial charge in [-0.3, -0.25) is 4.79 Å². The van der Waals surface area contributed by atoms with Crippen LogP contribution in [0.1, 0.15) is 25.3 Å². The van der Waals surface area contributed by atoms with Crippen molar-refractivity contribution < 1.29 is 9.53 Å². The van der Waals surface area contributed by atoms with E-state index in [1.165, 1.54) is 0 Å². The summed E-state index contributed by atoms with van der Waals surface area (Å²) in [5.41, 5.74) is 1.11. The Labute approximate surface area is 89.7 Å². The van der Waals surface area contributed by atoms with Crippen LogP contribution in [0.4, 0.5) is 0 Å². The summed E-state index contributed by atoms with van der Waals surface area (Å²) in [6.07, 6.45) is 1.28. The number of thiol groups is 1. The fourth-order valence-corrected chi connectivity index (χ4v) is 1.26. The average Bonchev–Trinajstić information content (AvgIpc) is 2.19. The smallest absolute Gasteiger partial charge is 0.311 e. The number of hydrogen-bond acceptors (Lipinski definition) is 3. The maximum atomic E-state index is 11.1. The molecule has 1 rings (SSSR count). The molecule has 0 aliphatic heterocycles. The predicted molar refractivity (Wildman–Crippen MR) is 59.7 cm³/mol. The third-order valence-electron chi connectivity index (χ3n) is 1.79. The Morgan fingerprint density at radius 3 is 2.50 bits per heavy atom. The lowest BCUT2D eigenvalue weighted by Gasteiger charge is -2.03. The zero-order chi connectivity index (χ0) is 10.4. The first-order valence-corrected chi connectivity index (χ1v) is 5.30. The van der Waals surface area contributed by atoms with Gasteiger partial charge in [0, 0.05) is 12.2 Å². The van der Waals surface area contributed by atoms with Crippen LogP contribution in [0, 0.1) is 0 Å². The molecule has 0 bridgehead atoms. The highest BCUT2D eigenvalue weighted by Crippen LogP contribution is 2.14. The molecule has 0 saturated carbocycles. The van der Waals surface area contributed by atoms with Crippen molar-refractivity contribution in [2.45, 2.75) is 25.5 Å². The summed E-state index contributed by atoms with van der Waals surface area (Å²) in [4.78, 5) is 11.1. The van der Waals surface area contributed by atoms with Crippen LogP contribution >= 0.6 is 12.6 Å². The van der Waals surface area contributed by atoms with Gasteiger partial charge in [-0.05, 0) is 24.1 Å². The number of benzene rings is 1. The molecule has 0 radical (unpaired) electrons. The third kappa shape index (κ3) is 3.42. The SMILES string of the molecule is CCCC(=O)Oc1ccc(CS)cc1. The predicted octanol–water partition coefficient (Wildman–Crippen LogP) is 2.82. The minimum atomic E-state index is -0.175. The molecule has 0 saturated heterocycles. The first-order chi connectivity index (χ1) is 6.76. The molecule has 0 N–H and O–H groups in total. The van der Waals surface area contributed by atoms with E-state index in [1.807, 2.05) is 19.1 Å². The van der Waals surface area contributed by atoms with E-state index in [0.717, 1.165) is 12.0 Å². The summed E-state index contributed by atoms with van der Waals surface area (Å²) in [6.45, 7) is 1.95. The quantitative estimate of drug-likeness (QED) is 0.470. The molecule has 0 heterocycles. The van der Waals surface area contributed by atoms with Crippen LogP contribution in [-0.2, 0) is 10.5 Å². The summed E-state index contributed by atoms with van der Waals surface area (Å²) < 4.78 is 5.09. The van der Waals surface area contributed by atoms with Crippen molar-refractivity contribution in [2.24, 2.45) is 0 Å². The van der Waals surface area contributed by atoms with Gasteiger partial charge in [0.1, 0.15) is 5.75 Å². The Morgan fingerprint density at radius 1 is 1.36 bits per heavy atom. The highest BCUT2D eigenvalue weighted by Gasteiger charge is 2.02. The Kier molecular flexibility index (Phi) is 4.53. The Hall–Kier alpha value is -0.960. The maximum absolute atomic E-state index is 11.1. The molecule has 3 heteroatoms. The zero-order valence-corrected chi connectivity index (χ0v) is 9.09. The van der Waals surface area contributed by atoms with Crippen LogP contribution in [0.2, 0.25) is 0 Å². The van der Waals surface area contributed by atoms with Gasteiger partial charge in [0.25, 0.3) is 0 Å². The summed E-state index contributed by atoms with van der Waals surface area (Å²) in [5.74, 6) is 1.13. The van der Waals surface area contributed by atoms with E-state index in [0.29, 0.717) is 17.9 Å². The van der Waals surface area contributed by atoms with E-state index in [4.69, 9.17) is 4.74 Å². The van der Waals surface area contributed by atoms with Gasteiger partial charge < -0.3 is 4.74 Å². The van der Waals surface area contributed by atoms with Crippen molar-refractivity contribution in [3.63, 3.8) is 0 Å². The van der Waals surface area contributed by atoms with E-state index in [-0.39, 0.29) is 5.97 Å². The van der Waals surface area contributed by atoms with Gasteiger partial charge in [0.15, 0.2) is 0 Å². The van der Waals surface area contributed by atoms with E-state index in [9.17, 15) is 4.79 Å². The second-order valence-corrected chi connectivity index (χ2v) is 3.34. The number of ether oxygens (including phenoxy) is 1. The van der Waals surface area contributed by atoms with Crippen LogP contribution in [-0.4, -0.2) is 5.97 Å². The highest BCUT2D eigenvalue weighted by atomic mass is 32.1. The maximum Gasteiger partial charge on any atom is 0.311 e. The lowest BCUT2D eigenvalue weighted by atomic mass is 10.2. The van der Waals surface area contributed by atoms with Gasteiger partial charge >= 0.3 is 5.97 Å². The number of rotatable bonds is 4. The van der Waals surface area contributed by atoms with Crippen LogP contribution in [0.15, 0.2) is 24.3 Å². The fourth-order valence-electron chi connectivity index (χ4n) is 1.05. The van der Waals surface area contributed by atoms with Crippen molar-refractivity contribution in [3.8, 4) is 5.75 Å². The molecular formula is C11H14O2S. The summed E-state index contributed by atoms with van der Waals surface area (Å²) in [6, 6.07) is 7.39. The molecule has 14 heavy (non-hydrogen) atoms. The van der Waals surface area contributed by atoms with Gasteiger partial charge in [-0.1, -0.05) is 19.1 Å². The van der Waals surface area contributed by atoms with Gasteiger partial charge in [0.2, 0.25) is 0 Å². The van der Waals surface area contributed by atoms with Crippen LogP contribution in [0.25, 0.3) is 0 Å². The van der Waals surface area contributed by atoms with Crippen LogP contribution in [0.5, 0.6) is 5.75 Å². The Bertz CT molecular complexity index is 293. The van der Waals surface area contributed by atoms with Gasteiger partial charge in [-0.25, -0.2) is 0 Å². The zero-order valence-electron chi connectivity index (χ0n) is 8.19. The minimum absolute atomic E-state index is 0.175. The molecular weight excluding hydrogens is 196 g/mol. The fraction of sp³-hybridized carbons (Fsp3) is 0.364. The number of esters is 1. The van der Waals surface area contributed by atoms with E-state index in [2.05, 4.69) is 12.6 Å². The van der Waals surface area contributed by atoms with Gasteiger partial charge in [-0.2, -0.15) is 12.6 Å². The number of carbonyl (C=O) groups is 1. The lowest BCUT2D eigenvalue weighted by Crippen LogP contribution is -2.06. The molecule has 0 aliphatic carbocycles. The van der Waals surface area contributed by atoms with E-state index >= 15 is 0 Å². The molecule has 2 nitrogen and oxygen atoms in total. The van der Waals surface area contributed by atoms with E-state index in [1.54, 1.807) is 12.1 Å². The Balaban J connectivity index is 2.55. The molecule has 1 aromatic rings. The van der Waals surface area contributed by atoms with Crippen LogP contribution < -0.4 is 4.74 Å². The second kappa shape index (κ2) is 5.70. The van der Waals surface area contributed by atoms with Crippen molar-refractivity contribution in [1.29, 1.82) is 0 Å². The highest BCUT2D eigenvalue weighted by molar-refractivity contribution is 7.79. The standard InChI is InChI=1S/C11H14O2S/c1-2-3-11(12)13-10-6-4-9(8-14)5-7-10/h4-7,14H,2-3,8H2,1H3. The molecule has 0 aromatic heterocycles. The first kappa shape index (κ1) is 11.1. The largest absolute Gasteiger partial charge is 0.427 e. The van der Waals surface area contributed by atoms with Crippen molar-refractivity contribution in [1.82, 2.24) is 0 Å². The molecule has 0 unspecified atom stereocenters.